The molecule has 0 saturated carbocycles. The molecule has 1 unspecified atom stereocenters. The van der Waals surface area contributed by atoms with Gasteiger partial charge in [-0.25, -0.2) is 0 Å². The summed E-state index contributed by atoms with van der Waals surface area (Å²) in [4.78, 5) is 11.5. The lowest BCUT2D eigenvalue weighted by atomic mass is 9.96. The molecule has 0 rings (SSSR count). The molecule has 1 N–H and O–H groups in total. The van der Waals surface area contributed by atoms with E-state index in [2.05, 4.69) is 11.9 Å². The summed E-state index contributed by atoms with van der Waals surface area (Å²) >= 11 is 5.62. The monoisotopic (exact) mass is 219 g/mol. The standard InChI is InChI=1S/C10H18ClNO2/c1-5-6-10(3,9(13)14-4)12-7-8(2)11/h12H,2,5-7H2,1,3-4H3. The zero-order valence-electron chi connectivity index (χ0n) is 9.02. The third-order valence-corrected chi connectivity index (χ3v) is 2.19. The maximum Gasteiger partial charge on any atom is 0.325 e. The van der Waals surface area contributed by atoms with E-state index in [0.717, 1.165) is 6.42 Å². The number of carbonyl (C=O) groups is 1. The van der Waals surface area contributed by atoms with E-state index in [1.807, 2.05) is 13.8 Å². The van der Waals surface area contributed by atoms with Crippen LogP contribution in [0.2, 0.25) is 0 Å². The first-order valence-electron chi connectivity index (χ1n) is 4.63. The Balaban J connectivity index is 4.38. The maximum atomic E-state index is 11.5. The van der Waals surface area contributed by atoms with Crippen molar-refractivity contribution in [3.05, 3.63) is 11.6 Å². The van der Waals surface area contributed by atoms with E-state index in [1.54, 1.807) is 0 Å². The summed E-state index contributed by atoms with van der Waals surface area (Å²) in [5.74, 6) is -0.266. The van der Waals surface area contributed by atoms with E-state index in [0.29, 0.717) is 18.0 Å². The Morgan fingerprint density at radius 2 is 2.21 bits per heavy atom. The molecule has 0 aliphatic rings. The predicted octanol–water partition coefficient (Wildman–Crippen LogP) is 2.06. The lowest BCUT2D eigenvalue weighted by molar-refractivity contribution is -0.148. The van der Waals surface area contributed by atoms with Gasteiger partial charge in [0.15, 0.2) is 0 Å². The number of rotatable bonds is 6. The second-order valence-corrected chi connectivity index (χ2v) is 3.98. The largest absolute Gasteiger partial charge is 0.468 e. The summed E-state index contributed by atoms with van der Waals surface area (Å²) in [6.45, 7) is 7.78. The van der Waals surface area contributed by atoms with Crippen molar-refractivity contribution in [3.63, 3.8) is 0 Å². The van der Waals surface area contributed by atoms with Crippen LogP contribution in [0.1, 0.15) is 26.7 Å². The van der Waals surface area contributed by atoms with Crippen molar-refractivity contribution in [2.75, 3.05) is 13.7 Å². The molecule has 0 spiro atoms. The molecule has 0 amide bonds. The molecule has 0 fully saturated rings. The minimum Gasteiger partial charge on any atom is -0.468 e. The van der Waals surface area contributed by atoms with Gasteiger partial charge in [0.25, 0.3) is 0 Å². The summed E-state index contributed by atoms with van der Waals surface area (Å²) in [6, 6.07) is 0. The second-order valence-electron chi connectivity index (χ2n) is 3.44. The Kier molecular flexibility index (Phi) is 5.81. The van der Waals surface area contributed by atoms with Crippen LogP contribution in [-0.4, -0.2) is 25.2 Å². The summed E-state index contributed by atoms with van der Waals surface area (Å²) < 4.78 is 4.73. The van der Waals surface area contributed by atoms with Gasteiger partial charge in [-0.3, -0.25) is 10.1 Å². The van der Waals surface area contributed by atoms with Gasteiger partial charge in [-0.2, -0.15) is 0 Å². The normalized spacial score (nSPS) is 14.6. The molecule has 1 atom stereocenters. The summed E-state index contributed by atoms with van der Waals surface area (Å²) in [5.41, 5.74) is -0.665. The molecule has 3 nitrogen and oxygen atoms in total. The molecule has 0 aliphatic carbocycles. The Morgan fingerprint density at radius 3 is 2.57 bits per heavy atom. The van der Waals surface area contributed by atoms with Crippen LogP contribution in [0.4, 0.5) is 0 Å². The van der Waals surface area contributed by atoms with Crippen molar-refractivity contribution in [2.24, 2.45) is 0 Å². The molecule has 0 bridgehead atoms. The first-order chi connectivity index (χ1) is 6.46. The number of carbonyl (C=O) groups excluding carboxylic acids is 1. The third-order valence-electron chi connectivity index (χ3n) is 2.06. The van der Waals surface area contributed by atoms with Crippen molar-refractivity contribution < 1.29 is 9.53 Å². The van der Waals surface area contributed by atoms with E-state index in [1.165, 1.54) is 7.11 Å². The van der Waals surface area contributed by atoms with E-state index in [9.17, 15) is 4.79 Å². The fraction of sp³-hybridized carbons (Fsp3) is 0.700. The molecule has 0 heterocycles. The fourth-order valence-electron chi connectivity index (χ4n) is 1.28. The van der Waals surface area contributed by atoms with Crippen molar-refractivity contribution in [3.8, 4) is 0 Å². The van der Waals surface area contributed by atoms with Gasteiger partial charge in [0.2, 0.25) is 0 Å². The van der Waals surface area contributed by atoms with Crippen molar-refractivity contribution >= 4 is 17.6 Å². The zero-order valence-corrected chi connectivity index (χ0v) is 9.78. The maximum absolute atomic E-state index is 11.5. The highest BCUT2D eigenvalue weighted by atomic mass is 35.5. The Bertz CT molecular complexity index is 218. The zero-order chi connectivity index (χ0) is 11.2. The summed E-state index contributed by atoms with van der Waals surface area (Å²) in [7, 11) is 1.38. The number of ether oxygens (including phenoxy) is 1. The van der Waals surface area contributed by atoms with Crippen LogP contribution in [0, 0.1) is 0 Å². The minimum atomic E-state index is -0.665. The molecule has 0 saturated heterocycles. The van der Waals surface area contributed by atoms with E-state index in [-0.39, 0.29) is 5.97 Å². The molecule has 0 aromatic heterocycles. The lowest BCUT2D eigenvalue weighted by Crippen LogP contribution is -2.50. The van der Waals surface area contributed by atoms with Gasteiger partial charge < -0.3 is 4.74 Å². The van der Waals surface area contributed by atoms with Gasteiger partial charge in [-0.05, 0) is 13.3 Å². The van der Waals surface area contributed by atoms with Crippen molar-refractivity contribution in [2.45, 2.75) is 32.2 Å². The molecule has 0 aromatic carbocycles. The van der Waals surface area contributed by atoms with Crippen LogP contribution >= 0.6 is 11.6 Å². The van der Waals surface area contributed by atoms with E-state index >= 15 is 0 Å². The first kappa shape index (κ1) is 13.5. The number of esters is 1. The molecule has 14 heavy (non-hydrogen) atoms. The first-order valence-corrected chi connectivity index (χ1v) is 5.00. The quantitative estimate of drug-likeness (QED) is 0.695. The Morgan fingerprint density at radius 1 is 1.64 bits per heavy atom. The Hall–Kier alpha value is -0.540. The fourth-order valence-corrected chi connectivity index (χ4v) is 1.35. The van der Waals surface area contributed by atoms with Gasteiger partial charge >= 0.3 is 5.97 Å². The topological polar surface area (TPSA) is 38.3 Å². The van der Waals surface area contributed by atoms with Gasteiger partial charge in [0.05, 0.1) is 7.11 Å². The second kappa shape index (κ2) is 6.04. The van der Waals surface area contributed by atoms with Crippen LogP contribution in [-0.2, 0) is 9.53 Å². The SMILES string of the molecule is C=C(Cl)CNC(C)(CCC)C(=O)OC. The molecule has 0 radical (unpaired) electrons. The van der Waals surface area contributed by atoms with Gasteiger partial charge in [0.1, 0.15) is 5.54 Å². The van der Waals surface area contributed by atoms with Crippen LogP contribution in [0.25, 0.3) is 0 Å². The molecule has 82 valence electrons. The van der Waals surface area contributed by atoms with Crippen molar-refractivity contribution in [1.82, 2.24) is 5.32 Å². The average Bonchev–Trinajstić information content (AvgIpc) is 2.14. The molecular formula is C10H18ClNO2. The van der Waals surface area contributed by atoms with Crippen LogP contribution < -0.4 is 5.32 Å². The minimum absolute atomic E-state index is 0.266. The number of nitrogens with one attached hydrogen (secondary N) is 1. The molecule has 4 heteroatoms. The van der Waals surface area contributed by atoms with Crippen LogP contribution in [0.15, 0.2) is 11.6 Å². The highest BCUT2D eigenvalue weighted by molar-refractivity contribution is 6.29. The molecular weight excluding hydrogens is 202 g/mol. The molecule has 0 aliphatic heterocycles. The number of hydrogen-bond acceptors (Lipinski definition) is 3. The number of halogens is 1. The third kappa shape index (κ3) is 4.11. The summed E-state index contributed by atoms with van der Waals surface area (Å²) in [5, 5.41) is 3.52. The van der Waals surface area contributed by atoms with Crippen molar-refractivity contribution in [1.29, 1.82) is 0 Å². The Labute approximate surface area is 90.5 Å². The number of hydrogen-bond donors (Lipinski definition) is 1. The number of methoxy groups -OCH3 is 1. The van der Waals surface area contributed by atoms with E-state index < -0.39 is 5.54 Å². The highest BCUT2D eigenvalue weighted by Crippen LogP contribution is 2.14. The smallest absolute Gasteiger partial charge is 0.325 e. The van der Waals surface area contributed by atoms with Gasteiger partial charge in [-0.15, -0.1) is 0 Å². The van der Waals surface area contributed by atoms with Crippen LogP contribution in [0.3, 0.4) is 0 Å². The van der Waals surface area contributed by atoms with E-state index in [4.69, 9.17) is 16.3 Å². The van der Waals surface area contributed by atoms with Gasteiger partial charge in [-0.1, -0.05) is 31.5 Å². The lowest BCUT2D eigenvalue weighted by Gasteiger charge is -2.27. The average molecular weight is 220 g/mol. The van der Waals surface area contributed by atoms with Crippen LogP contribution in [0.5, 0.6) is 0 Å². The van der Waals surface area contributed by atoms with Gasteiger partial charge in [0, 0.05) is 11.6 Å². The summed E-state index contributed by atoms with van der Waals surface area (Å²) in [6.07, 6.45) is 1.61. The highest BCUT2D eigenvalue weighted by Gasteiger charge is 2.32. The predicted molar refractivity (Wildman–Crippen MR) is 58.3 cm³/mol. The molecule has 0 aromatic rings.